The number of carbonyl (C=O) groups is 3. The van der Waals surface area contributed by atoms with E-state index in [1.165, 1.54) is 11.9 Å². The molecule has 1 unspecified atom stereocenters. The molecule has 1 heterocycles. The molecule has 0 aromatic heterocycles. The Hall–Kier alpha value is -2.44. The van der Waals surface area contributed by atoms with Crippen LogP contribution in [0.1, 0.15) is 18.4 Å². The van der Waals surface area contributed by atoms with E-state index in [4.69, 9.17) is 0 Å². The third-order valence-electron chi connectivity index (χ3n) is 4.57. The van der Waals surface area contributed by atoms with Gasteiger partial charge in [-0.05, 0) is 17.7 Å². The van der Waals surface area contributed by atoms with Crippen molar-refractivity contribution in [2.45, 2.75) is 25.4 Å². The van der Waals surface area contributed by atoms with Crippen molar-refractivity contribution >= 4 is 35.6 Å². The van der Waals surface area contributed by atoms with E-state index in [-0.39, 0.29) is 30.4 Å². The highest BCUT2D eigenvalue weighted by molar-refractivity contribution is 7.97. The van der Waals surface area contributed by atoms with Gasteiger partial charge in [0.2, 0.25) is 5.91 Å². The number of Topliss-reactive ketones (excluding diaryl/α,β-unsaturated/α-hetero) is 1. The number of hydrogen-bond acceptors (Lipinski definition) is 5. The molecule has 0 bridgehead atoms. The Morgan fingerprint density at radius 1 is 1.04 bits per heavy atom. The van der Waals surface area contributed by atoms with Crippen LogP contribution in [0.3, 0.4) is 0 Å². The van der Waals surface area contributed by atoms with Gasteiger partial charge >= 0.3 is 0 Å². The quantitative estimate of drug-likeness (QED) is 0.562. The molecule has 2 aromatic carbocycles. The molecule has 1 fully saturated rings. The lowest BCUT2D eigenvalue weighted by atomic mass is 9.97. The maximum atomic E-state index is 12.9. The lowest BCUT2D eigenvalue weighted by molar-refractivity contribution is -0.126. The Morgan fingerprint density at radius 3 is 2.37 bits per heavy atom. The number of para-hydroxylation sites is 1. The summed E-state index contributed by atoms with van der Waals surface area (Å²) in [6.45, 7) is 0.451. The summed E-state index contributed by atoms with van der Waals surface area (Å²) < 4.78 is 2.99. The average Bonchev–Trinajstić information content (AvgIpc) is 3.20. The molecule has 0 spiro atoms. The molecule has 140 valence electrons. The molecule has 6 heteroatoms. The molecule has 1 saturated heterocycles. The van der Waals surface area contributed by atoms with Gasteiger partial charge < -0.3 is 9.69 Å². The minimum Gasteiger partial charge on any atom is -0.308 e. The summed E-state index contributed by atoms with van der Waals surface area (Å²) in [4.78, 5) is 38.1. The highest BCUT2D eigenvalue weighted by Gasteiger charge is 2.33. The Balaban J connectivity index is 1.67. The van der Waals surface area contributed by atoms with Gasteiger partial charge in [-0.1, -0.05) is 60.5 Å². The Labute approximate surface area is 163 Å². The molecule has 0 saturated carbocycles. The zero-order chi connectivity index (χ0) is 19.1. The molecule has 5 nitrogen and oxygen atoms in total. The third kappa shape index (κ3) is 5.05. The number of amides is 1. The highest BCUT2D eigenvalue weighted by atomic mass is 32.2. The van der Waals surface area contributed by atoms with E-state index in [1.807, 2.05) is 60.7 Å². The van der Waals surface area contributed by atoms with Crippen molar-refractivity contribution in [2.24, 2.45) is 5.92 Å². The van der Waals surface area contributed by atoms with Gasteiger partial charge in [0.1, 0.15) is 6.29 Å². The van der Waals surface area contributed by atoms with Crippen LogP contribution in [-0.4, -0.2) is 29.8 Å². The fourth-order valence-corrected chi connectivity index (χ4v) is 4.10. The van der Waals surface area contributed by atoms with Crippen LogP contribution in [0.4, 0.5) is 5.69 Å². The number of hydrogen-bond donors (Lipinski definition) is 1. The van der Waals surface area contributed by atoms with Crippen LogP contribution in [0.2, 0.25) is 0 Å². The fourth-order valence-electron chi connectivity index (χ4n) is 3.06. The molecular formula is C21H22N2O3S. The number of benzene rings is 2. The van der Waals surface area contributed by atoms with E-state index >= 15 is 0 Å². The van der Waals surface area contributed by atoms with Gasteiger partial charge in [0.15, 0.2) is 5.78 Å². The van der Waals surface area contributed by atoms with Crippen LogP contribution in [0.15, 0.2) is 60.7 Å². The summed E-state index contributed by atoms with van der Waals surface area (Å²) in [5.74, 6) is 0.0925. The second-order valence-electron chi connectivity index (χ2n) is 6.47. The molecule has 0 radical (unpaired) electrons. The van der Waals surface area contributed by atoms with Crippen LogP contribution in [0, 0.1) is 5.92 Å². The number of ketones is 1. The predicted octanol–water partition coefficient (Wildman–Crippen LogP) is 3.00. The van der Waals surface area contributed by atoms with Gasteiger partial charge in [-0.3, -0.25) is 14.3 Å². The van der Waals surface area contributed by atoms with E-state index in [0.29, 0.717) is 12.3 Å². The van der Waals surface area contributed by atoms with Gasteiger partial charge in [0, 0.05) is 30.2 Å². The van der Waals surface area contributed by atoms with Crippen molar-refractivity contribution < 1.29 is 14.4 Å². The van der Waals surface area contributed by atoms with Crippen molar-refractivity contribution in [1.82, 2.24) is 4.72 Å². The maximum Gasteiger partial charge on any atom is 0.227 e. The fraction of sp³-hybridized carbons (Fsp3) is 0.286. The maximum absolute atomic E-state index is 12.9. The van der Waals surface area contributed by atoms with E-state index in [1.54, 1.807) is 4.90 Å². The van der Waals surface area contributed by atoms with Crippen molar-refractivity contribution in [1.29, 1.82) is 0 Å². The minimum atomic E-state index is -0.486. The van der Waals surface area contributed by atoms with Crippen LogP contribution in [0.5, 0.6) is 0 Å². The number of nitrogens with zero attached hydrogens (tertiary/aromatic N) is 1. The Bertz CT molecular complexity index is 783. The van der Waals surface area contributed by atoms with E-state index in [9.17, 15) is 14.4 Å². The number of carbonyl (C=O) groups excluding carboxylic acids is 3. The van der Waals surface area contributed by atoms with Crippen molar-refractivity contribution in [3.05, 3.63) is 66.2 Å². The average molecular weight is 382 g/mol. The molecule has 1 aliphatic rings. The molecule has 1 N–H and O–H groups in total. The summed E-state index contributed by atoms with van der Waals surface area (Å²) in [5.41, 5.74) is 1.83. The first kappa shape index (κ1) is 19.3. The Morgan fingerprint density at radius 2 is 1.70 bits per heavy atom. The van der Waals surface area contributed by atoms with Crippen molar-refractivity contribution in [2.75, 3.05) is 10.7 Å². The molecule has 2 aromatic rings. The number of aldehydes is 1. The first-order valence-electron chi connectivity index (χ1n) is 8.93. The summed E-state index contributed by atoms with van der Waals surface area (Å²) >= 11 is 1.38. The summed E-state index contributed by atoms with van der Waals surface area (Å²) in [6, 6.07) is 18.7. The lowest BCUT2D eigenvalue weighted by Gasteiger charge is -2.23. The molecule has 0 aliphatic carbocycles. The molecule has 1 aliphatic heterocycles. The SMILES string of the molecule is O=C[C@@H]1CSNC1C(=O)CCC(=O)N(Cc1ccccc1)c1ccccc1. The van der Waals surface area contributed by atoms with Gasteiger partial charge in [-0.2, -0.15) is 0 Å². The van der Waals surface area contributed by atoms with E-state index in [0.717, 1.165) is 17.5 Å². The first-order chi connectivity index (χ1) is 13.2. The van der Waals surface area contributed by atoms with Crippen LogP contribution >= 0.6 is 11.9 Å². The summed E-state index contributed by atoms with van der Waals surface area (Å²) in [7, 11) is 0. The van der Waals surface area contributed by atoms with Gasteiger partial charge in [0.05, 0.1) is 12.6 Å². The van der Waals surface area contributed by atoms with Gasteiger partial charge in [0.25, 0.3) is 0 Å². The largest absolute Gasteiger partial charge is 0.308 e. The standard InChI is InChI=1S/C21H22N2O3S/c24-14-17-15-27-22-21(17)19(25)11-12-20(26)23(18-9-5-2-6-10-18)13-16-7-3-1-4-8-16/h1-10,14,17,21-22H,11-13,15H2/t17-,21?/m1/s1. The second kappa shape index (κ2) is 9.48. The number of rotatable bonds is 8. The molecular weight excluding hydrogens is 360 g/mol. The van der Waals surface area contributed by atoms with Crippen molar-refractivity contribution in [3.8, 4) is 0 Å². The highest BCUT2D eigenvalue weighted by Crippen LogP contribution is 2.22. The summed E-state index contributed by atoms with van der Waals surface area (Å²) in [5, 5.41) is 0. The molecule has 1 amide bonds. The number of nitrogens with one attached hydrogen (secondary N) is 1. The molecule has 3 rings (SSSR count). The zero-order valence-corrected chi connectivity index (χ0v) is 15.7. The smallest absolute Gasteiger partial charge is 0.227 e. The van der Waals surface area contributed by atoms with Crippen molar-refractivity contribution in [3.63, 3.8) is 0 Å². The topological polar surface area (TPSA) is 66.5 Å². The van der Waals surface area contributed by atoms with Gasteiger partial charge in [-0.15, -0.1) is 0 Å². The monoisotopic (exact) mass is 382 g/mol. The lowest BCUT2D eigenvalue weighted by Crippen LogP contribution is -2.37. The number of anilines is 1. The van der Waals surface area contributed by atoms with Gasteiger partial charge in [-0.25, -0.2) is 0 Å². The van der Waals surface area contributed by atoms with Crippen LogP contribution < -0.4 is 9.62 Å². The normalized spacial score (nSPS) is 18.8. The van der Waals surface area contributed by atoms with E-state index < -0.39 is 6.04 Å². The predicted molar refractivity (Wildman–Crippen MR) is 107 cm³/mol. The third-order valence-corrected chi connectivity index (χ3v) is 5.55. The van der Waals surface area contributed by atoms with Crippen LogP contribution in [-0.2, 0) is 20.9 Å². The molecule has 27 heavy (non-hydrogen) atoms. The summed E-state index contributed by atoms with van der Waals surface area (Å²) in [6.07, 6.45) is 1.07. The zero-order valence-electron chi connectivity index (χ0n) is 14.9. The van der Waals surface area contributed by atoms with Crippen LogP contribution in [0.25, 0.3) is 0 Å². The second-order valence-corrected chi connectivity index (χ2v) is 7.33. The Kier molecular flexibility index (Phi) is 6.79. The first-order valence-corrected chi connectivity index (χ1v) is 9.92. The minimum absolute atomic E-state index is 0.0850. The van der Waals surface area contributed by atoms with E-state index in [2.05, 4.69) is 4.72 Å². The molecule has 2 atom stereocenters.